The molecular formula is C62H43N4+. The van der Waals surface area contributed by atoms with Crippen molar-refractivity contribution in [3.8, 4) is 56.0 Å². The summed E-state index contributed by atoms with van der Waals surface area (Å²) in [4.78, 5) is 5.19. The second kappa shape index (κ2) is 15.0. The van der Waals surface area contributed by atoms with E-state index in [1.54, 1.807) is 6.33 Å². The Morgan fingerprint density at radius 2 is 1.02 bits per heavy atom. The van der Waals surface area contributed by atoms with Crippen LogP contribution in [0, 0.1) is 0 Å². The van der Waals surface area contributed by atoms with E-state index in [-0.39, 0.29) is 0 Å². The smallest absolute Gasteiger partial charge is 0.191 e. The van der Waals surface area contributed by atoms with Gasteiger partial charge in [-0.1, -0.05) is 164 Å². The van der Waals surface area contributed by atoms with Crippen LogP contribution in [0.5, 0.6) is 0 Å². The Balaban J connectivity index is 1.07. The van der Waals surface area contributed by atoms with Gasteiger partial charge in [0.25, 0.3) is 0 Å². The molecule has 0 saturated heterocycles. The maximum absolute atomic E-state index is 8.42. The van der Waals surface area contributed by atoms with Gasteiger partial charge in [-0.15, -0.1) is 0 Å². The minimum Gasteiger partial charge on any atom is -0.294 e. The fourth-order valence-corrected chi connectivity index (χ4v) is 11.0. The monoisotopic (exact) mass is 846 g/mol. The Morgan fingerprint density at radius 3 is 1.73 bits per heavy atom. The molecule has 9 aromatic carbocycles. The molecule has 1 aliphatic carbocycles. The summed E-state index contributed by atoms with van der Waals surface area (Å²) in [5.74, 6) is 0.822. The van der Waals surface area contributed by atoms with Crippen molar-refractivity contribution in [2.45, 2.75) is 5.41 Å². The number of hydrogen-bond donors (Lipinski definition) is 0. The minimum atomic E-state index is -2.36. The highest BCUT2D eigenvalue weighted by atomic mass is 15.1. The molecule has 3 heterocycles. The molecule has 0 radical (unpaired) electrons. The lowest BCUT2D eigenvalue weighted by Crippen LogP contribution is -2.28. The molecule has 1 aliphatic rings. The topological polar surface area (TPSA) is 27.7 Å². The molecule has 0 fully saturated rings. The molecule has 0 unspecified atom stereocenters. The van der Waals surface area contributed by atoms with Crippen LogP contribution < -0.4 is 0 Å². The van der Waals surface area contributed by atoms with Gasteiger partial charge in [-0.25, -0.2) is 9.55 Å². The average Bonchev–Trinajstić information content (AvgIpc) is 4.06. The van der Waals surface area contributed by atoms with E-state index in [0.29, 0.717) is 5.52 Å². The first kappa shape index (κ1) is 34.8. The molecule has 0 saturated carbocycles. The molecular weight excluding hydrogens is 801 g/mol. The summed E-state index contributed by atoms with van der Waals surface area (Å²) in [6.45, 7) is -2.36. The van der Waals surface area contributed by atoms with Gasteiger partial charge in [0.1, 0.15) is 11.5 Å². The normalized spacial score (nSPS) is 13.6. The molecule has 0 N–H and O–H groups in total. The molecule has 3 aromatic heterocycles. The number of aryl methyl sites for hydroxylation is 1. The van der Waals surface area contributed by atoms with Crippen LogP contribution >= 0.6 is 0 Å². The molecule has 0 amide bonds. The Hall–Kier alpha value is -8.60. The highest BCUT2D eigenvalue weighted by molar-refractivity contribution is 6.10. The third kappa shape index (κ3) is 5.65. The number of imidazole rings is 1. The van der Waals surface area contributed by atoms with E-state index in [2.05, 4.69) is 211 Å². The predicted octanol–water partition coefficient (Wildman–Crippen LogP) is 15.1. The van der Waals surface area contributed by atoms with Crippen LogP contribution in [-0.4, -0.2) is 18.7 Å². The van der Waals surface area contributed by atoms with E-state index < -0.39 is 12.4 Å². The van der Waals surface area contributed by atoms with Gasteiger partial charge in [0.05, 0.1) is 16.4 Å². The van der Waals surface area contributed by atoms with E-state index in [0.717, 1.165) is 83.3 Å². The highest BCUT2D eigenvalue weighted by Gasteiger charge is 2.46. The van der Waals surface area contributed by atoms with E-state index in [4.69, 9.17) is 9.10 Å². The summed E-state index contributed by atoms with van der Waals surface area (Å²) in [6, 6.07) is 81.8. The van der Waals surface area contributed by atoms with Gasteiger partial charge < -0.3 is 0 Å². The second-order valence-corrected chi connectivity index (χ2v) is 17.2. The summed E-state index contributed by atoms with van der Waals surface area (Å²) in [5, 5.41) is 2.28. The fourth-order valence-electron chi connectivity index (χ4n) is 11.0. The van der Waals surface area contributed by atoms with Gasteiger partial charge in [0.2, 0.25) is 0 Å². The lowest BCUT2D eigenvalue weighted by molar-refractivity contribution is 0.767. The maximum Gasteiger partial charge on any atom is 0.191 e. The minimum absolute atomic E-state index is 0.643. The van der Waals surface area contributed by atoms with Crippen LogP contribution in [0.4, 0.5) is 0 Å². The van der Waals surface area contributed by atoms with Crippen molar-refractivity contribution in [1.82, 2.24) is 18.7 Å². The van der Waals surface area contributed by atoms with Gasteiger partial charge in [-0.05, 0) is 109 Å². The van der Waals surface area contributed by atoms with Gasteiger partial charge in [-0.3, -0.25) is 4.57 Å². The molecule has 66 heavy (non-hydrogen) atoms. The summed E-state index contributed by atoms with van der Waals surface area (Å²) >= 11 is 0. The Labute approximate surface area is 387 Å². The van der Waals surface area contributed by atoms with E-state index in [9.17, 15) is 0 Å². The lowest BCUT2D eigenvalue weighted by atomic mass is 9.67. The highest BCUT2D eigenvalue weighted by Crippen LogP contribution is 2.57. The quantitative estimate of drug-likeness (QED) is 0.147. The predicted molar refractivity (Wildman–Crippen MR) is 272 cm³/mol. The Kier molecular flexibility index (Phi) is 7.92. The lowest BCUT2D eigenvalue weighted by Gasteiger charge is -2.34. The average molecular weight is 847 g/mol. The molecule has 0 aliphatic heterocycles. The van der Waals surface area contributed by atoms with Crippen molar-refractivity contribution in [2.24, 2.45) is 6.98 Å². The van der Waals surface area contributed by atoms with Crippen molar-refractivity contribution < 1.29 is 4.11 Å². The number of aromatic nitrogens is 4. The summed E-state index contributed by atoms with van der Waals surface area (Å²) in [7, 11) is 0. The number of para-hydroxylation sites is 3. The first-order valence-electron chi connectivity index (χ1n) is 23.9. The molecule has 310 valence electrons. The zero-order valence-corrected chi connectivity index (χ0v) is 35.9. The standard InChI is InChI=1S/C62H43N4/c1-64-41-65(58-33-15-14-32-57(58)64)47-23-16-22-45(39-47)62(54-29-11-8-24-50(54)51-25-9-12-30-55(51)62)46-34-35-53-52-26-10-13-31-56(52)66(59(53)40-46)60-38-44(36-37-63-60)61-48(42-18-4-2-5-19-42)27-17-28-49(61)43-20-6-3-7-21-43/h2-41H,1H3/q+1/i1D3. The third-order valence-corrected chi connectivity index (χ3v) is 13.7. The number of rotatable bonds is 7. The first-order chi connectivity index (χ1) is 33.9. The van der Waals surface area contributed by atoms with Gasteiger partial charge in [0, 0.05) is 52.3 Å². The molecule has 0 spiro atoms. The van der Waals surface area contributed by atoms with Gasteiger partial charge in [-0.2, -0.15) is 4.57 Å². The van der Waals surface area contributed by atoms with Crippen LogP contribution in [0.15, 0.2) is 243 Å². The zero-order chi connectivity index (χ0) is 46.3. The number of benzene rings is 9. The Bertz CT molecular complexity index is 3860. The van der Waals surface area contributed by atoms with Crippen LogP contribution in [0.3, 0.4) is 0 Å². The molecule has 0 bridgehead atoms. The van der Waals surface area contributed by atoms with E-state index in [1.165, 1.54) is 26.8 Å². The number of hydrogen-bond acceptors (Lipinski definition) is 1. The second-order valence-electron chi connectivity index (χ2n) is 17.2. The molecule has 0 atom stereocenters. The first-order valence-corrected chi connectivity index (χ1v) is 22.4. The largest absolute Gasteiger partial charge is 0.294 e. The SMILES string of the molecule is [2H]C([2H])([2H])n1[cH+]n(-c2cccc(C3(c4ccc5c6ccccc6n(-c6cc(-c7c(-c8ccccc8)cccc7-c7ccccc7)ccn6)c5c4)c4ccccc4-c4ccccc43)c2)c2ccccc21. The van der Waals surface area contributed by atoms with E-state index >= 15 is 0 Å². The molecule has 13 rings (SSSR count). The van der Waals surface area contributed by atoms with Crippen molar-refractivity contribution in [2.75, 3.05) is 0 Å². The number of nitrogens with zero attached hydrogens (tertiary/aromatic N) is 4. The zero-order valence-electron chi connectivity index (χ0n) is 38.9. The van der Waals surface area contributed by atoms with Gasteiger partial charge in [0.15, 0.2) is 17.4 Å². The summed E-state index contributed by atoms with van der Waals surface area (Å²) < 4.78 is 31.0. The molecule has 4 heteroatoms. The van der Waals surface area contributed by atoms with E-state index in [1.807, 2.05) is 35.0 Å². The van der Waals surface area contributed by atoms with Crippen LogP contribution in [0.25, 0.3) is 88.9 Å². The van der Waals surface area contributed by atoms with Crippen molar-refractivity contribution in [3.63, 3.8) is 0 Å². The maximum atomic E-state index is 8.42. The van der Waals surface area contributed by atoms with Crippen molar-refractivity contribution in [1.29, 1.82) is 0 Å². The summed E-state index contributed by atoms with van der Waals surface area (Å²) in [5.41, 5.74) is 17.5. The molecule has 4 nitrogen and oxygen atoms in total. The number of fused-ring (bicyclic) bond motifs is 7. The third-order valence-electron chi connectivity index (χ3n) is 13.7. The number of pyridine rings is 1. The van der Waals surface area contributed by atoms with Gasteiger partial charge >= 0.3 is 0 Å². The van der Waals surface area contributed by atoms with Crippen LogP contribution in [0.1, 0.15) is 26.4 Å². The molecule has 12 aromatic rings. The Morgan fingerprint density at radius 1 is 0.439 bits per heavy atom. The van der Waals surface area contributed by atoms with Crippen molar-refractivity contribution in [3.05, 3.63) is 265 Å². The van der Waals surface area contributed by atoms with Crippen LogP contribution in [-0.2, 0) is 12.4 Å². The van der Waals surface area contributed by atoms with Crippen LogP contribution in [0.2, 0.25) is 0 Å². The van der Waals surface area contributed by atoms with Crippen molar-refractivity contribution >= 4 is 32.8 Å². The fraction of sp³-hybridized carbons (Fsp3) is 0.0323. The summed E-state index contributed by atoms with van der Waals surface area (Å²) in [6.07, 6.45) is 3.66.